The molecule has 1 heterocycles. The lowest BCUT2D eigenvalue weighted by molar-refractivity contribution is -0.182. The van der Waals surface area contributed by atoms with Gasteiger partial charge in [-0.1, -0.05) is 49.6 Å². The maximum absolute atomic E-state index is 13.1. The van der Waals surface area contributed by atoms with Gasteiger partial charge >= 0.3 is 5.97 Å². The molecule has 1 saturated heterocycles. The quantitative estimate of drug-likeness (QED) is 0.648. The van der Waals surface area contributed by atoms with Crippen molar-refractivity contribution in [1.82, 2.24) is 10.6 Å². The average molecular weight is 386 g/mol. The number of ether oxygens (including phenoxy) is 1. The Labute approximate surface area is 166 Å². The Morgan fingerprint density at radius 2 is 1.79 bits per heavy atom. The second-order valence-electron chi connectivity index (χ2n) is 8.54. The Bertz CT molecular complexity index is 709. The van der Waals surface area contributed by atoms with Crippen LogP contribution in [0.2, 0.25) is 0 Å². The van der Waals surface area contributed by atoms with Crippen molar-refractivity contribution in [2.45, 2.75) is 56.8 Å². The molecule has 1 aromatic rings. The van der Waals surface area contributed by atoms with Gasteiger partial charge in [-0.05, 0) is 37.2 Å². The van der Waals surface area contributed by atoms with Crippen LogP contribution in [0, 0.1) is 17.8 Å². The molecular weight excluding hydrogens is 356 g/mol. The predicted octanol–water partition coefficient (Wildman–Crippen LogP) is 1.72. The van der Waals surface area contributed by atoms with Crippen molar-refractivity contribution in [3.05, 3.63) is 35.9 Å². The fourth-order valence-corrected chi connectivity index (χ4v) is 4.95. The second-order valence-corrected chi connectivity index (χ2v) is 8.54. The highest BCUT2D eigenvalue weighted by Crippen LogP contribution is 2.42. The zero-order valence-corrected chi connectivity index (χ0v) is 16.4. The van der Waals surface area contributed by atoms with Crippen molar-refractivity contribution in [3.8, 4) is 0 Å². The van der Waals surface area contributed by atoms with Gasteiger partial charge in [0.1, 0.15) is 0 Å². The summed E-state index contributed by atoms with van der Waals surface area (Å²) in [4.78, 5) is 25.6. The number of hydrogen-bond acceptors (Lipinski definition) is 5. The molecule has 0 aromatic heterocycles. The van der Waals surface area contributed by atoms with Gasteiger partial charge in [-0.15, -0.1) is 0 Å². The van der Waals surface area contributed by atoms with Gasteiger partial charge in [0, 0.05) is 25.0 Å². The van der Waals surface area contributed by atoms with Crippen LogP contribution in [0.3, 0.4) is 0 Å². The molecule has 6 nitrogen and oxygen atoms in total. The number of piperidine rings is 1. The molecule has 6 heteroatoms. The number of benzene rings is 1. The van der Waals surface area contributed by atoms with Gasteiger partial charge in [0.15, 0.2) is 11.7 Å². The zero-order chi connectivity index (χ0) is 19.7. The number of hydrogen-bond donors (Lipinski definition) is 3. The molecule has 3 N–H and O–H groups in total. The number of aliphatic hydroxyl groups is 1. The van der Waals surface area contributed by atoms with E-state index >= 15 is 0 Å². The molecule has 2 saturated carbocycles. The van der Waals surface area contributed by atoms with Crippen LogP contribution >= 0.6 is 0 Å². The van der Waals surface area contributed by atoms with Gasteiger partial charge in [0.2, 0.25) is 0 Å². The third-order valence-corrected chi connectivity index (χ3v) is 6.77. The number of carbonyl (C=O) groups is 2. The zero-order valence-electron chi connectivity index (χ0n) is 16.4. The topological polar surface area (TPSA) is 87.7 Å². The fraction of sp³-hybridized carbons (Fsp3) is 0.636. The molecule has 3 aliphatic rings. The molecule has 1 amide bonds. The highest BCUT2D eigenvalue weighted by molar-refractivity contribution is 5.87. The number of esters is 1. The van der Waals surface area contributed by atoms with E-state index in [0.717, 1.165) is 45.2 Å². The first-order valence-electron chi connectivity index (χ1n) is 10.5. The van der Waals surface area contributed by atoms with Crippen LogP contribution in [0.15, 0.2) is 30.3 Å². The Kier molecular flexibility index (Phi) is 5.43. The molecule has 4 unspecified atom stereocenters. The van der Waals surface area contributed by atoms with Crippen LogP contribution in [0.25, 0.3) is 0 Å². The van der Waals surface area contributed by atoms with Crippen molar-refractivity contribution in [2.75, 3.05) is 13.1 Å². The molecule has 152 valence electrons. The first kappa shape index (κ1) is 19.4. The molecule has 2 aliphatic carbocycles. The molecule has 4 rings (SSSR count). The van der Waals surface area contributed by atoms with E-state index in [-0.39, 0.29) is 17.9 Å². The van der Waals surface area contributed by atoms with Gasteiger partial charge < -0.3 is 20.5 Å². The summed E-state index contributed by atoms with van der Waals surface area (Å²) in [6.45, 7) is 3.44. The van der Waals surface area contributed by atoms with Gasteiger partial charge in [-0.3, -0.25) is 4.79 Å². The summed E-state index contributed by atoms with van der Waals surface area (Å²) < 4.78 is 5.52. The molecule has 1 aliphatic heterocycles. The molecule has 28 heavy (non-hydrogen) atoms. The minimum atomic E-state index is -1.71. The second kappa shape index (κ2) is 7.84. The Morgan fingerprint density at radius 1 is 1.14 bits per heavy atom. The molecule has 0 radical (unpaired) electrons. The van der Waals surface area contributed by atoms with Crippen molar-refractivity contribution in [2.24, 2.45) is 17.8 Å². The van der Waals surface area contributed by atoms with E-state index in [1.807, 2.05) is 18.2 Å². The van der Waals surface area contributed by atoms with Crippen LogP contribution in [-0.2, 0) is 19.9 Å². The van der Waals surface area contributed by atoms with E-state index in [1.165, 1.54) is 0 Å². The minimum absolute atomic E-state index is 0.182. The number of rotatable bonds is 6. The van der Waals surface area contributed by atoms with Gasteiger partial charge in [0.25, 0.3) is 5.91 Å². The summed E-state index contributed by atoms with van der Waals surface area (Å²) in [5.41, 5.74) is -1.17. The summed E-state index contributed by atoms with van der Waals surface area (Å²) in [6, 6.07) is 9.19. The van der Waals surface area contributed by atoms with E-state index < -0.39 is 17.7 Å². The first-order chi connectivity index (χ1) is 13.5. The summed E-state index contributed by atoms with van der Waals surface area (Å²) in [7, 11) is 0. The summed E-state index contributed by atoms with van der Waals surface area (Å²) in [5, 5.41) is 17.8. The third kappa shape index (κ3) is 3.55. The molecule has 0 spiro atoms. The van der Waals surface area contributed by atoms with Crippen molar-refractivity contribution < 1.29 is 19.4 Å². The normalized spacial score (nSPS) is 30.0. The number of carbonyl (C=O) groups excluding carboxylic acids is 2. The van der Waals surface area contributed by atoms with Gasteiger partial charge in [0.05, 0.1) is 0 Å². The Balaban J connectivity index is 1.45. The Hall–Kier alpha value is -1.92. The van der Waals surface area contributed by atoms with Crippen molar-refractivity contribution in [3.63, 3.8) is 0 Å². The lowest BCUT2D eigenvalue weighted by Gasteiger charge is -2.37. The maximum atomic E-state index is 13.1. The number of amides is 1. The van der Waals surface area contributed by atoms with Crippen LogP contribution in [0.1, 0.15) is 44.6 Å². The monoisotopic (exact) mass is 386 g/mol. The number of fused-ring (bicyclic) bond motifs is 1. The highest BCUT2D eigenvalue weighted by atomic mass is 16.6. The largest absolute Gasteiger partial charge is 0.450 e. The van der Waals surface area contributed by atoms with Crippen LogP contribution in [0.4, 0.5) is 0 Å². The Morgan fingerprint density at radius 3 is 2.43 bits per heavy atom. The SMILES string of the molecule is CC(OC(=O)C(O)(c1ccccc1)C1CCCCC1)C(=O)NC1C2CNCC21. The first-order valence-corrected chi connectivity index (χ1v) is 10.5. The lowest BCUT2D eigenvalue weighted by atomic mass is 9.73. The van der Waals surface area contributed by atoms with Crippen molar-refractivity contribution in [1.29, 1.82) is 0 Å². The molecular formula is C22H30N2O4. The van der Waals surface area contributed by atoms with E-state index in [9.17, 15) is 14.7 Å². The lowest BCUT2D eigenvalue weighted by Crippen LogP contribution is -2.48. The standard InChI is InChI=1S/C22H30N2O4/c1-14(20(25)24-19-17-12-23-13-18(17)19)28-21(26)22(27,15-8-4-2-5-9-15)16-10-6-3-7-11-16/h2,4-5,8-9,14,16-19,23,27H,3,6-7,10-13H2,1H3,(H,24,25). The maximum Gasteiger partial charge on any atom is 0.343 e. The molecule has 0 bridgehead atoms. The van der Waals surface area contributed by atoms with Crippen molar-refractivity contribution >= 4 is 11.9 Å². The smallest absolute Gasteiger partial charge is 0.343 e. The number of nitrogens with one attached hydrogen (secondary N) is 2. The molecule has 4 atom stereocenters. The third-order valence-electron chi connectivity index (χ3n) is 6.77. The van der Waals surface area contributed by atoms with Gasteiger partial charge in [-0.25, -0.2) is 4.79 Å². The predicted molar refractivity (Wildman–Crippen MR) is 104 cm³/mol. The molecule has 1 aromatic carbocycles. The average Bonchev–Trinajstić information content (AvgIpc) is 3.14. The molecule has 3 fully saturated rings. The van der Waals surface area contributed by atoms with E-state index in [2.05, 4.69) is 10.6 Å². The summed E-state index contributed by atoms with van der Waals surface area (Å²) >= 11 is 0. The van der Waals surface area contributed by atoms with Crippen LogP contribution < -0.4 is 10.6 Å². The van der Waals surface area contributed by atoms with Gasteiger partial charge in [-0.2, -0.15) is 0 Å². The van der Waals surface area contributed by atoms with Crippen LogP contribution in [-0.4, -0.2) is 42.2 Å². The highest BCUT2D eigenvalue weighted by Gasteiger charge is 2.54. The van der Waals surface area contributed by atoms with E-state index in [1.54, 1.807) is 19.1 Å². The summed E-state index contributed by atoms with van der Waals surface area (Å²) in [6.07, 6.45) is 3.72. The minimum Gasteiger partial charge on any atom is -0.450 e. The van der Waals surface area contributed by atoms with Crippen LogP contribution in [0.5, 0.6) is 0 Å². The summed E-state index contributed by atoms with van der Waals surface area (Å²) in [5.74, 6) is -0.205. The van der Waals surface area contributed by atoms with E-state index in [0.29, 0.717) is 17.4 Å². The van der Waals surface area contributed by atoms with E-state index in [4.69, 9.17) is 4.74 Å². The fourth-order valence-electron chi connectivity index (χ4n) is 4.95.